The SMILES string of the molecule is CCC(C)(C(NN)c1cncc(F)c1)N1CCCCC1. The van der Waals surface area contributed by atoms with Crippen molar-refractivity contribution in [2.75, 3.05) is 13.1 Å². The highest BCUT2D eigenvalue weighted by Crippen LogP contribution is 2.35. The van der Waals surface area contributed by atoms with Gasteiger partial charge >= 0.3 is 0 Å². The van der Waals surface area contributed by atoms with Gasteiger partial charge in [0.1, 0.15) is 5.82 Å². The third-order valence-electron chi connectivity index (χ3n) is 4.64. The number of nitrogens with zero attached hydrogens (tertiary/aromatic N) is 2. The molecule has 0 spiro atoms. The zero-order valence-corrected chi connectivity index (χ0v) is 12.4. The predicted octanol–water partition coefficient (Wildman–Crippen LogP) is 2.38. The summed E-state index contributed by atoms with van der Waals surface area (Å²) in [6.07, 6.45) is 7.59. The molecule has 0 bridgehead atoms. The van der Waals surface area contributed by atoms with Gasteiger partial charge in [-0.2, -0.15) is 0 Å². The maximum Gasteiger partial charge on any atom is 0.141 e. The van der Waals surface area contributed by atoms with Crippen molar-refractivity contribution in [3.05, 3.63) is 29.8 Å². The van der Waals surface area contributed by atoms with E-state index in [1.54, 1.807) is 6.20 Å². The van der Waals surface area contributed by atoms with Crippen LogP contribution in [-0.2, 0) is 0 Å². The second kappa shape index (κ2) is 6.61. The van der Waals surface area contributed by atoms with E-state index in [1.165, 1.54) is 31.5 Å². The van der Waals surface area contributed by atoms with Gasteiger partial charge in [0, 0.05) is 11.7 Å². The Balaban J connectivity index is 2.30. The number of nitrogens with two attached hydrogens (primary N) is 1. The number of hydrazine groups is 1. The first-order valence-electron chi connectivity index (χ1n) is 7.43. The van der Waals surface area contributed by atoms with Gasteiger partial charge in [0.2, 0.25) is 0 Å². The molecule has 0 aromatic carbocycles. The lowest BCUT2D eigenvalue weighted by atomic mass is 9.82. The minimum Gasteiger partial charge on any atom is -0.296 e. The van der Waals surface area contributed by atoms with E-state index in [0.29, 0.717) is 0 Å². The van der Waals surface area contributed by atoms with Crippen molar-refractivity contribution in [3.63, 3.8) is 0 Å². The second-order valence-corrected chi connectivity index (χ2v) is 5.79. The molecule has 1 aliphatic heterocycles. The van der Waals surface area contributed by atoms with E-state index < -0.39 is 0 Å². The zero-order chi connectivity index (χ0) is 14.6. The summed E-state index contributed by atoms with van der Waals surface area (Å²) in [5.41, 5.74) is 3.56. The van der Waals surface area contributed by atoms with Gasteiger partial charge in [-0.3, -0.25) is 21.2 Å². The number of hydrogen-bond acceptors (Lipinski definition) is 4. The Hall–Kier alpha value is -1.04. The standard InChI is InChI=1S/C15H25FN4/c1-3-15(2,20-7-5-4-6-8-20)14(19-17)12-9-13(16)11-18-10-12/h9-11,14,19H,3-8,17H2,1-2H3. The number of halogens is 1. The molecule has 1 aromatic heterocycles. The summed E-state index contributed by atoms with van der Waals surface area (Å²) < 4.78 is 13.5. The normalized spacial score (nSPS) is 21.4. The van der Waals surface area contributed by atoms with Crippen molar-refractivity contribution in [2.24, 2.45) is 5.84 Å². The Kier molecular flexibility index (Phi) is 5.07. The van der Waals surface area contributed by atoms with Crippen LogP contribution in [0, 0.1) is 5.82 Å². The monoisotopic (exact) mass is 280 g/mol. The molecule has 1 aliphatic rings. The summed E-state index contributed by atoms with van der Waals surface area (Å²) in [4.78, 5) is 6.44. The van der Waals surface area contributed by atoms with Crippen molar-refractivity contribution in [1.29, 1.82) is 0 Å². The van der Waals surface area contributed by atoms with Crippen molar-refractivity contribution in [1.82, 2.24) is 15.3 Å². The minimum absolute atomic E-state index is 0.131. The number of nitrogens with one attached hydrogen (secondary N) is 1. The van der Waals surface area contributed by atoms with Gasteiger partial charge in [0.05, 0.1) is 12.2 Å². The molecule has 0 amide bonds. The van der Waals surface area contributed by atoms with Gasteiger partial charge in [-0.15, -0.1) is 0 Å². The molecule has 0 aliphatic carbocycles. The topological polar surface area (TPSA) is 54.2 Å². The molecule has 2 heterocycles. The summed E-state index contributed by atoms with van der Waals surface area (Å²) in [7, 11) is 0. The largest absolute Gasteiger partial charge is 0.296 e. The number of hydrogen-bond donors (Lipinski definition) is 2. The first kappa shape index (κ1) is 15.4. The van der Waals surface area contributed by atoms with Crippen molar-refractivity contribution < 1.29 is 4.39 Å². The Labute approximate surface area is 120 Å². The molecule has 1 fully saturated rings. The highest BCUT2D eigenvalue weighted by molar-refractivity contribution is 5.20. The molecule has 2 unspecified atom stereocenters. The average molecular weight is 280 g/mol. The van der Waals surface area contributed by atoms with Gasteiger partial charge in [-0.05, 0) is 50.9 Å². The van der Waals surface area contributed by atoms with Crippen LogP contribution in [0.25, 0.3) is 0 Å². The van der Waals surface area contributed by atoms with Crippen LogP contribution >= 0.6 is 0 Å². The maximum atomic E-state index is 13.5. The lowest BCUT2D eigenvalue weighted by Crippen LogP contribution is -2.57. The van der Waals surface area contributed by atoms with Crippen LogP contribution in [0.2, 0.25) is 0 Å². The molecule has 112 valence electrons. The maximum absolute atomic E-state index is 13.5. The third-order valence-corrected chi connectivity index (χ3v) is 4.64. The molecule has 1 saturated heterocycles. The lowest BCUT2D eigenvalue weighted by molar-refractivity contribution is 0.0422. The van der Waals surface area contributed by atoms with Gasteiger partial charge < -0.3 is 0 Å². The summed E-state index contributed by atoms with van der Waals surface area (Å²) in [6.45, 7) is 6.51. The lowest BCUT2D eigenvalue weighted by Gasteiger charge is -2.47. The van der Waals surface area contributed by atoms with Crippen LogP contribution in [0.3, 0.4) is 0 Å². The van der Waals surface area contributed by atoms with Crippen molar-refractivity contribution in [2.45, 2.75) is 51.1 Å². The van der Waals surface area contributed by atoms with Gasteiger partial charge in [0.15, 0.2) is 0 Å². The Bertz CT molecular complexity index is 434. The Morgan fingerprint density at radius 1 is 1.40 bits per heavy atom. The van der Waals surface area contributed by atoms with E-state index in [0.717, 1.165) is 25.1 Å². The molecule has 0 saturated carbocycles. The molecule has 20 heavy (non-hydrogen) atoms. The first-order chi connectivity index (χ1) is 9.61. The van der Waals surface area contributed by atoms with Gasteiger partial charge in [0.25, 0.3) is 0 Å². The van der Waals surface area contributed by atoms with Crippen LogP contribution < -0.4 is 11.3 Å². The molecule has 2 rings (SSSR count). The molecule has 1 aromatic rings. The summed E-state index contributed by atoms with van der Waals surface area (Å²) >= 11 is 0. The van der Waals surface area contributed by atoms with Crippen molar-refractivity contribution in [3.8, 4) is 0 Å². The van der Waals surface area contributed by atoms with Gasteiger partial charge in [-0.1, -0.05) is 13.3 Å². The zero-order valence-electron chi connectivity index (χ0n) is 12.4. The van der Waals surface area contributed by atoms with Crippen LogP contribution in [0.1, 0.15) is 51.1 Å². The number of pyridine rings is 1. The van der Waals surface area contributed by atoms with E-state index in [-0.39, 0.29) is 17.4 Å². The van der Waals surface area contributed by atoms with Crippen molar-refractivity contribution >= 4 is 0 Å². The minimum atomic E-state index is -0.320. The molecule has 0 radical (unpaired) electrons. The fourth-order valence-corrected chi connectivity index (χ4v) is 3.24. The molecule has 3 N–H and O–H groups in total. The molecule has 2 atom stereocenters. The van der Waals surface area contributed by atoms with Crippen LogP contribution in [0.15, 0.2) is 18.5 Å². The Morgan fingerprint density at radius 3 is 2.65 bits per heavy atom. The van der Waals surface area contributed by atoms with E-state index in [1.807, 2.05) is 0 Å². The van der Waals surface area contributed by atoms with Crippen LogP contribution in [-0.4, -0.2) is 28.5 Å². The summed E-state index contributed by atoms with van der Waals surface area (Å²) in [6, 6.07) is 1.39. The first-order valence-corrected chi connectivity index (χ1v) is 7.43. The second-order valence-electron chi connectivity index (χ2n) is 5.79. The number of aromatic nitrogens is 1. The van der Waals surface area contributed by atoms with E-state index >= 15 is 0 Å². The fraction of sp³-hybridized carbons (Fsp3) is 0.667. The smallest absolute Gasteiger partial charge is 0.141 e. The number of piperidine rings is 1. The third kappa shape index (κ3) is 3.00. The molecule has 5 heteroatoms. The van der Waals surface area contributed by atoms with E-state index in [2.05, 4.69) is 29.2 Å². The number of rotatable bonds is 5. The predicted molar refractivity (Wildman–Crippen MR) is 78.4 cm³/mol. The van der Waals surface area contributed by atoms with E-state index in [9.17, 15) is 4.39 Å². The van der Waals surface area contributed by atoms with Crippen LogP contribution in [0.5, 0.6) is 0 Å². The quantitative estimate of drug-likeness (QED) is 0.642. The number of likely N-dealkylation sites (tertiary alicyclic amines) is 1. The summed E-state index contributed by atoms with van der Waals surface area (Å²) in [5.74, 6) is 5.48. The highest BCUT2D eigenvalue weighted by Gasteiger charge is 2.39. The van der Waals surface area contributed by atoms with E-state index in [4.69, 9.17) is 5.84 Å². The molecular weight excluding hydrogens is 255 g/mol. The molecule has 4 nitrogen and oxygen atoms in total. The molecular formula is C15H25FN4. The Morgan fingerprint density at radius 2 is 2.10 bits per heavy atom. The average Bonchev–Trinajstić information content (AvgIpc) is 2.48. The highest BCUT2D eigenvalue weighted by atomic mass is 19.1. The summed E-state index contributed by atoms with van der Waals surface area (Å²) in [5, 5.41) is 0. The van der Waals surface area contributed by atoms with Crippen LogP contribution in [0.4, 0.5) is 4.39 Å². The van der Waals surface area contributed by atoms with Gasteiger partial charge in [-0.25, -0.2) is 4.39 Å². The fourth-order valence-electron chi connectivity index (χ4n) is 3.24.